The summed E-state index contributed by atoms with van der Waals surface area (Å²) in [6, 6.07) is 0. The first-order valence-corrected chi connectivity index (χ1v) is 4.02. The Bertz CT molecular complexity index is 170. The summed E-state index contributed by atoms with van der Waals surface area (Å²) < 4.78 is 0. The average Bonchev–Trinajstić information content (AvgIpc) is 2.08. The van der Waals surface area contributed by atoms with Gasteiger partial charge in [-0.1, -0.05) is 5.16 Å². The molecule has 2 nitrogen and oxygen atoms in total. The van der Waals surface area contributed by atoms with Gasteiger partial charge in [-0.05, 0) is 13.8 Å². The van der Waals surface area contributed by atoms with Gasteiger partial charge in [-0.25, -0.2) is 0 Å². The normalized spacial score (nSPS) is 21.7. The van der Waals surface area contributed by atoms with E-state index in [0.29, 0.717) is 0 Å². The van der Waals surface area contributed by atoms with Crippen LogP contribution in [0.5, 0.6) is 0 Å². The van der Waals surface area contributed by atoms with E-state index in [1.165, 1.54) is 11.6 Å². The Hall–Kier alpha value is -0.530. The Balaban J connectivity index is 2.40. The van der Waals surface area contributed by atoms with E-state index in [1.807, 2.05) is 0 Å². The minimum Gasteiger partial charge on any atom is -0.390 e. The predicted molar refractivity (Wildman–Crippen MR) is 46.4 cm³/mol. The van der Waals surface area contributed by atoms with E-state index in [9.17, 15) is 0 Å². The molecule has 0 N–H and O–H groups in total. The van der Waals surface area contributed by atoms with Gasteiger partial charge in [0.1, 0.15) is 5.60 Å². The molecular formula is C9H16NO-. The fourth-order valence-corrected chi connectivity index (χ4v) is 1.25. The van der Waals surface area contributed by atoms with Crippen LogP contribution in [0.4, 0.5) is 0 Å². The lowest BCUT2D eigenvalue weighted by Crippen LogP contribution is -2.19. The largest absolute Gasteiger partial charge is 0.390 e. The maximum absolute atomic E-state index is 5.23. The predicted octanol–water partition coefficient (Wildman–Crippen LogP) is 2.55. The Morgan fingerprint density at radius 1 is 1.55 bits per heavy atom. The molecule has 0 fully saturated rings. The van der Waals surface area contributed by atoms with Crippen LogP contribution in [-0.2, 0) is 4.84 Å². The lowest BCUT2D eigenvalue weighted by molar-refractivity contribution is 0.0123. The Labute approximate surface area is 68.6 Å². The second-order valence-corrected chi connectivity index (χ2v) is 4.07. The van der Waals surface area contributed by atoms with E-state index in [2.05, 4.69) is 32.9 Å². The minimum absolute atomic E-state index is 0.0647. The minimum atomic E-state index is -0.0647. The highest BCUT2D eigenvalue weighted by molar-refractivity contribution is 5.87. The van der Waals surface area contributed by atoms with Gasteiger partial charge < -0.3 is 10.8 Å². The molecule has 0 radical (unpaired) electrons. The van der Waals surface area contributed by atoms with Gasteiger partial charge in [-0.3, -0.25) is 0 Å². The number of rotatable bonds is 2. The van der Waals surface area contributed by atoms with Crippen molar-refractivity contribution in [2.24, 2.45) is 5.16 Å². The van der Waals surface area contributed by atoms with Crippen molar-refractivity contribution in [3.63, 3.8) is 0 Å². The number of nitrogens with zero attached hydrogens (tertiary/aromatic N) is 1. The molecule has 0 aromatic rings. The van der Waals surface area contributed by atoms with Gasteiger partial charge in [0, 0.05) is 12.1 Å². The topological polar surface area (TPSA) is 21.6 Å². The van der Waals surface area contributed by atoms with Gasteiger partial charge in [0.05, 0.1) is 0 Å². The van der Waals surface area contributed by atoms with Crippen LogP contribution in [0.1, 0.15) is 40.5 Å². The highest BCUT2D eigenvalue weighted by Gasteiger charge is 2.26. The first kappa shape index (κ1) is 8.57. The lowest BCUT2D eigenvalue weighted by atomic mass is 9.97. The molecule has 0 atom stereocenters. The molecule has 1 aliphatic heterocycles. The van der Waals surface area contributed by atoms with Crippen LogP contribution in [0.15, 0.2) is 5.16 Å². The van der Waals surface area contributed by atoms with E-state index in [-0.39, 0.29) is 5.60 Å². The van der Waals surface area contributed by atoms with Crippen LogP contribution in [0.2, 0.25) is 0 Å². The number of hydrogen-bond donors (Lipinski definition) is 0. The smallest absolute Gasteiger partial charge is 0.137 e. The second-order valence-electron chi connectivity index (χ2n) is 4.07. The number of hydrogen-bond acceptors (Lipinski definition) is 2. The molecule has 0 spiro atoms. The van der Waals surface area contributed by atoms with E-state index < -0.39 is 0 Å². The summed E-state index contributed by atoms with van der Waals surface area (Å²) in [5, 5.41) is 4.02. The van der Waals surface area contributed by atoms with Crippen molar-refractivity contribution < 1.29 is 4.84 Å². The van der Waals surface area contributed by atoms with Crippen LogP contribution < -0.4 is 0 Å². The third-order valence-electron chi connectivity index (χ3n) is 1.61. The zero-order chi connectivity index (χ0) is 8.48. The first-order valence-electron chi connectivity index (χ1n) is 4.02. The Morgan fingerprint density at radius 2 is 2.18 bits per heavy atom. The third-order valence-corrected chi connectivity index (χ3v) is 1.61. The average molecular weight is 154 g/mol. The second kappa shape index (κ2) is 2.84. The summed E-state index contributed by atoms with van der Waals surface area (Å²) >= 11 is 0. The maximum atomic E-state index is 5.23. The van der Waals surface area contributed by atoms with E-state index in [4.69, 9.17) is 4.84 Å². The van der Waals surface area contributed by atoms with Gasteiger partial charge in [-0.2, -0.15) is 13.8 Å². The van der Waals surface area contributed by atoms with Crippen LogP contribution in [0.3, 0.4) is 0 Å². The van der Waals surface area contributed by atoms with E-state index in [0.717, 1.165) is 12.8 Å². The Kier molecular flexibility index (Phi) is 2.21. The summed E-state index contributed by atoms with van der Waals surface area (Å²) in [6.45, 7) is 8.37. The molecule has 1 heterocycles. The molecule has 0 saturated heterocycles. The van der Waals surface area contributed by atoms with E-state index in [1.54, 1.807) is 0 Å². The summed E-state index contributed by atoms with van der Waals surface area (Å²) in [4.78, 5) is 5.23. The molecule has 11 heavy (non-hydrogen) atoms. The monoisotopic (exact) mass is 154 g/mol. The van der Waals surface area contributed by atoms with Crippen LogP contribution in [0, 0.1) is 5.92 Å². The Morgan fingerprint density at radius 3 is 2.55 bits per heavy atom. The van der Waals surface area contributed by atoms with Crippen molar-refractivity contribution >= 4 is 5.71 Å². The maximum Gasteiger partial charge on any atom is 0.137 e. The summed E-state index contributed by atoms with van der Waals surface area (Å²) in [5.74, 6) is 1.39. The molecule has 64 valence electrons. The first-order chi connectivity index (χ1) is 4.99. The van der Waals surface area contributed by atoms with Crippen LogP contribution in [0.25, 0.3) is 0 Å². The van der Waals surface area contributed by atoms with Gasteiger partial charge >= 0.3 is 0 Å². The van der Waals surface area contributed by atoms with Crippen molar-refractivity contribution in [1.29, 1.82) is 0 Å². The molecule has 2 heteroatoms. The fraction of sp³-hybridized carbons (Fsp3) is 0.778. The van der Waals surface area contributed by atoms with Gasteiger partial charge in [0.25, 0.3) is 0 Å². The van der Waals surface area contributed by atoms with Crippen molar-refractivity contribution in [2.75, 3.05) is 0 Å². The standard InChI is InChI=1S/C9H16NO/c1-7(2)5-8-6-9(3,4)11-10-8/h5-6H2,1-4H3/q-1. The van der Waals surface area contributed by atoms with Crippen LogP contribution in [-0.4, -0.2) is 11.3 Å². The molecule has 1 rings (SSSR count). The highest BCUT2D eigenvalue weighted by atomic mass is 16.7. The summed E-state index contributed by atoms with van der Waals surface area (Å²) in [6.07, 6.45) is 1.96. The molecular weight excluding hydrogens is 138 g/mol. The molecule has 0 amide bonds. The fourth-order valence-electron chi connectivity index (χ4n) is 1.25. The van der Waals surface area contributed by atoms with Crippen molar-refractivity contribution in [2.45, 2.75) is 46.1 Å². The highest BCUT2D eigenvalue weighted by Crippen LogP contribution is 2.25. The summed E-state index contributed by atoms with van der Waals surface area (Å²) in [7, 11) is 0. The van der Waals surface area contributed by atoms with Crippen molar-refractivity contribution in [3.8, 4) is 0 Å². The number of oxime groups is 1. The molecule has 0 unspecified atom stereocenters. The van der Waals surface area contributed by atoms with Crippen molar-refractivity contribution in [1.82, 2.24) is 0 Å². The molecule has 0 saturated carbocycles. The quantitative estimate of drug-likeness (QED) is 0.560. The summed E-state index contributed by atoms with van der Waals surface area (Å²) in [5.41, 5.74) is 1.11. The molecule has 0 aliphatic carbocycles. The molecule has 0 aromatic heterocycles. The molecule has 0 bridgehead atoms. The zero-order valence-corrected chi connectivity index (χ0v) is 7.77. The zero-order valence-electron chi connectivity index (χ0n) is 7.77. The van der Waals surface area contributed by atoms with Gasteiger partial charge in [0.15, 0.2) is 0 Å². The van der Waals surface area contributed by atoms with E-state index >= 15 is 0 Å². The van der Waals surface area contributed by atoms with Crippen molar-refractivity contribution in [3.05, 3.63) is 5.92 Å². The SMILES string of the molecule is C[C-](C)CC1=NOC(C)(C)C1. The van der Waals surface area contributed by atoms with Crippen LogP contribution >= 0.6 is 0 Å². The van der Waals surface area contributed by atoms with Gasteiger partial charge in [0.2, 0.25) is 0 Å². The molecule has 0 aromatic carbocycles. The lowest BCUT2D eigenvalue weighted by Gasteiger charge is -2.17. The van der Waals surface area contributed by atoms with Gasteiger partial charge in [-0.15, -0.1) is 6.42 Å². The third kappa shape index (κ3) is 2.52. The molecule has 1 aliphatic rings.